The van der Waals surface area contributed by atoms with Crippen LogP contribution in [-0.4, -0.2) is 47.7 Å². The number of hydrogen-bond acceptors (Lipinski definition) is 3. The molecule has 3 aliphatic rings. The van der Waals surface area contributed by atoms with Gasteiger partial charge in [-0.05, 0) is 24.7 Å². The molecule has 0 spiro atoms. The van der Waals surface area contributed by atoms with Crippen molar-refractivity contribution in [3.05, 3.63) is 0 Å². The Morgan fingerprint density at radius 2 is 1.94 bits per heavy atom. The molecule has 0 bridgehead atoms. The van der Waals surface area contributed by atoms with E-state index in [2.05, 4.69) is 0 Å². The summed E-state index contributed by atoms with van der Waals surface area (Å²) in [6, 6.07) is -0.780. The highest BCUT2D eigenvalue weighted by Crippen LogP contribution is 2.58. The monoisotopic (exact) mass is 239 g/mol. The fraction of sp³-hybridized carbons (Fsp3) is 0.833. The second kappa shape index (κ2) is 3.98. The van der Waals surface area contributed by atoms with Crippen molar-refractivity contribution in [1.82, 2.24) is 4.90 Å². The lowest BCUT2D eigenvalue weighted by molar-refractivity contribution is -0.159. The van der Waals surface area contributed by atoms with Gasteiger partial charge in [0.25, 0.3) is 0 Å². The number of carbonyl (C=O) groups is 2. The molecule has 0 radical (unpaired) electrons. The highest BCUT2D eigenvalue weighted by atomic mass is 16.5. The molecular weight excluding hydrogens is 222 g/mol. The van der Waals surface area contributed by atoms with Crippen molar-refractivity contribution in [3.63, 3.8) is 0 Å². The Balaban J connectivity index is 1.69. The number of aliphatic carboxylic acids is 1. The summed E-state index contributed by atoms with van der Waals surface area (Å²) in [4.78, 5) is 24.9. The SMILES string of the molecule is O=C(O)C1COCCN1C(=O)C1C2CCCC21. The zero-order chi connectivity index (χ0) is 12.0. The van der Waals surface area contributed by atoms with E-state index >= 15 is 0 Å². The molecule has 2 aliphatic carbocycles. The van der Waals surface area contributed by atoms with Gasteiger partial charge in [0, 0.05) is 12.5 Å². The van der Waals surface area contributed by atoms with E-state index in [1.165, 1.54) is 11.3 Å². The van der Waals surface area contributed by atoms with E-state index in [1.807, 2.05) is 0 Å². The molecule has 1 aliphatic heterocycles. The van der Waals surface area contributed by atoms with Gasteiger partial charge in [0.1, 0.15) is 0 Å². The Morgan fingerprint density at radius 3 is 2.59 bits per heavy atom. The molecule has 3 rings (SSSR count). The van der Waals surface area contributed by atoms with Gasteiger partial charge >= 0.3 is 5.97 Å². The maximum Gasteiger partial charge on any atom is 0.328 e. The first kappa shape index (κ1) is 11.0. The van der Waals surface area contributed by atoms with E-state index in [4.69, 9.17) is 9.84 Å². The van der Waals surface area contributed by atoms with Crippen LogP contribution >= 0.6 is 0 Å². The third kappa shape index (κ3) is 1.73. The summed E-state index contributed by atoms with van der Waals surface area (Å²) < 4.78 is 5.14. The maximum atomic E-state index is 12.3. The van der Waals surface area contributed by atoms with Crippen LogP contribution in [0.3, 0.4) is 0 Å². The number of amides is 1. The summed E-state index contributed by atoms with van der Waals surface area (Å²) in [7, 11) is 0. The molecular formula is C12H17NO4. The van der Waals surface area contributed by atoms with E-state index < -0.39 is 12.0 Å². The number of ether oxygens (including phenoxy) is 1. The van der Waals surface area contributed by atoms with Gasteiger partial charge in [-0.1, -0.05) is 6.42 Å². The van der Waals surface area contributed by atoms with E-state index in [0.717, 1.165) is 12.8 Å². The molecule has 0 aromatic rings. The number of carbonyl (C=O) groups excluding carboxylic acids is 1. The second-order valence-corrected chi connectivity index (χ2v) is 5.24. The summed E-state index contributed by atoms with van der Waals surface area (Å²) in [5.74, 6) is 0.294. The van der Waals surface area contributed by atoms with E-state index in [0.29, 0.717) is 25.0 Å². The molecule has 94 valence electrons. The Hall–Kier alpha value is -1.10. The van der Waals surface area contributed by atoms with Gasteiger partial charge in [0.05, 0.1) is 13.2 Å². The smallest absolute Gasteiger partial charge is 0.328 e. The summed E-state index contributed by atoms with van der Waals surface area (Å²) >= 11 is 0. The molecule has 5 heteroatoms. The lowest BCUT2D eigenvalue weighted by Gasteiger charge is -2.33. The molecule has 1 amide bonds. The largest absolute Gasteiger partial charge is 0.480 e. The van der Waals surface area contributed by atoms with E-state index in [-0.39, 0.29) is 18.4 Å². The average Bonchev–Trinajstić information content (AvgIpc) is 2.81. The maximum absolute atomic E-state index is 12.3. The van der Waals surface area contributed by atoms with E-state index in [9.17, 15) is 9.59 Å². The molecule has 3 fully saturated rings. The van der Waals surface area contributed by atoms with Gasteiger partial charge in [0.2, 0.25) is 5.91 Å². The van der Waals surface area contributed by atoms with Crippen LogP contribution in [-0.2, 0) is 14.3 Å². The minimum atomic E-state index is -0.955. The van der Waals surface area contributed by atoms with Crippen molar-refractivity contribution in [1.29, 1.82) is 0 Å². The molecule has 3 atom stereocenters. The first-order chi connectivity index (χ1) is 8.20. The predicted octanol–water partition coefficient (Wildman–Crippen LogP) is 0.344. The number of hydrogen-bond donors (Lipinski definition) is 1. The van der Waals surface area contributed by atoms with Crippen LogP contribution in [0.5, 0.6) is 0 Å². The van der Waals surface area contributed by atoms with Crippen LogP contribution in [0.4, 0.5) is 0 Å². The molecule has 3 unspecified atom stereocenters. The standard InChI is InChI=1S/C12H17NO4/c14-11(10-7-2-1-3-8(7)10)13-4-5-17-6-9(13)12(15)16/h7-10H,1-6H2,(H,15,16). The zero-order valence-electron chi connectivity index (χ0n) is 9.67. The number of carboxylic acids is 1. The Bertz CT molecular complexity index is 346. The van der Waals surface area contributed by atoms with Gasteiger partial charge < -0.3 is 14.7 Å². The first-order valence-electron chi connectivity index (χ1n) is 6.31. The molecule has 5 nitrogen and oxygen atoms in total. The highest BCUT2D eigenvalue weighted by Gasteiger charge is 2.58. The number of morpholine rings is 1. The predicted molar refractivity (Wildman–Crippen MR) is 58.3 cm³/mol. The number of rotatable bonds is 2. The molecule has 0 aromatic heterocycles. The molecule has 1 N–H and O–H groups in total. The Morgan fingerprint density at radius 1 is 1.24 bits per heavy atom. The molecule has 2 saturated carbocycles. The van der Waals surface area contributed by atoms with Crippen molar-refractivity contribution in [2.75, 3.05) is 19.8 Å². The summed E-state index contributed by atoms with van der Waals surface area (Å²) in [6.45, 7) is 1.01. The third-order valence-electron chi connectivity index (χ3n) is 4.39. The number of nitrogens with zero attached hydrogens (tertiary/aromatic N) is 1. The lowest BCUT2D eigenvalue weighted by atomic mass is 10.1. The van der Waals surface area contributed by atoms with Gasteiger partial charge in [-0.2, -0.15) is 0 Å². The van der Waals surface area contributed by atoms with Crippen LogP contribution in [0.15, 0.2) is 0 Å². The van der Waals surface area contributed by atoms with Gasteiger partial charge in [-0.15, -0.1) is 0 Å². The third-order valence-corrected chi connectivity index (χ3v) is 4.39. The molecule has 17 heavy (non-hydrogen) atoms. The van der Waals surface area contributed by atoms with Crippen LogP contribution in [0, 0.1) is 17.8 Å². The van der Waals surface area contributed by atoms with Crippen LogP contribution in [0.2, 0.25) is 0 Å². The minimum absolute atomic E-state index is 0.0513. The van der Waals surface area contributed by atoms with Crippen molar-refractivity contribution in [3.8, 4) is 0 Å². The van der Waals surface area contributed by atoms with Crippen LogP contribution < -0.4 is 0 Å². The number of carboxylic acid groups (broad SMARTS) is 1. The fourth-order valence-electron chi connectivity index (χ4n) is 3.45. The highest BCUT2D eigenvalue weighted by molar-refractivity contribution is 5.87. The zero-order valence-corrected chi connectivity index (χ0v) is 9.67. The molecule has 1 saturated heterocycles. The second-order valence-electron chi connectivity index (χ2n) is 5.24. The Labute approximate surface area is 99.7 Å². The lowest BCUT2D eigenvalue weighted by Crippen LogP contribution is -2.53. The van der Waals surface area contributed by atoms with Crippen molar-refractivity contribution in [2.45, 2.75) is 25.3 Å². The fourth-order valence-corrected chi connectivity index (χ4v) is 3.45. The van der Waals surface area contributed by atoms with Crippen LogP contribution in [0.25, 0.3) is 0 Å². The normalized spacial score (nSPS) is 39.9. The minimum Gasteiger partial charge on any atom is -0.480 e. The van der Waals surface area contributed by atoms with Crippen molar-refractivity contribution < 1.29 is 19.4 Å². The molecule has 1 heterocycles. The first-order valence-corrected chi connectivity index (χ1v) is 6.31. The van der Waals surface area contributed by atoms with Gasteiger partial charge in [0.15, 0.2) is 6.04 Å². The summed E-state index contributed by atoms with van der Waals surface area (Å²) in [5, 5.41) is 9.09. The number of fused-ring (bicyclic) bond motifs is 1. The quantitative estimate of drug-likeness (QED) is 0.754. The van der Waals surface area contributed by atoms with Crippen molar-refractivity contribution in [2.24, 2.45) is 17.8 Å². The summed E-state index contributed by atoms with van der Waals surface area (Å²) in [6.07, 6.45) is 3.51. The van der Waals surface area contributed by atoms with E-state index in [1.54, 1.807) is 0 Å². The molecule has 0 aromatic carbocycles. The summed E-state index contributed by atoms with van der Waals surface area (Å²) in [5.41, 5.74) is 0. The van der Waals surface area contributed by atoms with Gasteiger partial charge in [-0.25, -0.2) is 4.79 Å². The Kier molecular flexibility index (Phi) is 2.58. The van der Waals surface area contributed by atoms with Crippen LogP contribution in [0.1, 0.15) is 19.3 Å². The van der Waals surface area contributed by atoms with Gasteiger partial charge in [-0.3, -0.25) is 4.79 Å². The topological polar surface area (TPSA) is 66.8 Å². The van der Waals surface area contributed by atoms with Crippen molar-refractivity contribution >= 4 is 11.9 Å². The average molecular weight is 239 g/mol.